The second-order valence-corrected chi connectivity index (χ2v) is 8.93. The van der Waals surface area contributed by atoms with Crippen LogP contribution >= 0.6 is 5.89 Å². The van der Waals surface area contributed by atoms with Gasteiger partial charge in [-0.15, -0.1) is 0 Å². The summed E-state index contributed by atoms with van der Waals surface area (Å²) < 4.78 is 10.7. The average molecular weight is 290 g/mol. The summed E-state index contributed by atoms with van der Waals surface area (Å²) in [5, 5.41) is 4.07. The molecule has 1 aromatic rings. The van der Waals surface area contributed by atoms with Gasteiger partial charge in [-0.1, -0.05) is 12.8 Å². The largest absolute Gasteiger partial charge is 0.542 e. The molecule has 0 fully saturated rings. The van der Waals surface area contributed by atoms with Gasteiger partial charge >= 0.3 is 0 Å². The maximum absolute atomic E-state index is 5.63. The predicted octanol–water partition coefficient (Wildman–Crippen LogP) is 1.80. The standard InChI is InChI=1S/C11H18NO2PS2/c1-3-12-8-9-14-15(16,17)11-6-4-10(13-2)5-7-11/h4-7,12H,3,8-9H2,1-2H3,(H,16,17)/p-1. The van der Waals surface area contributed by atoms with Crippen LogP contribution in [0.1, 0.15) is 6.92 Å². The number of nitrogens with one attached hydrogen (secondary N) is 1. The number of benzene rings is 1. The SMILES string of the molecule is CCNCCO[P+]([S-])([S-])c1ccc(OC)cc1. The van der Waals surface area contributed by atoms with Gasteiger partial charge in [0.1, 0.15) is 5.75 Å². The molecule has 0 heterocycles. The van der Waals surface area contributed by atoms with Crippen molar-refractivity contribution in [2.75, 3.05) is 26.8 Å². The minimum Gasteiger partial charge on any atom is -0.542 e. The lowest BCUT2D eigenvalue weighted by molar-refractivity contribution is 0.357. The molecule has 0 aromatic heterocycles. The molecule has 0 radical (unpaired) electrons. The van der Waals surface area contributed by atoms with Crippen molar-refractivity contribution in [3.63, 3.8) is 0 Å². The maximum Gasteiger partial charge on any atom is 0.119 e. The van der Waals surface area contributed by atoms with Gasteiger partial charge in [-0.05, 0) is 30.8 Å². The molecular formula is C11H17NO2PS2-. The zero-order valence-electron chi connectivity index (χ0n) is 10.0. The second-order valence-electron chi connectivity index (χ2n) is 3.38. The Labute approximate surface area is 114 Å². The average Bonchev–Trinajstić information content (AvgIpc) is 2.35. The third kappa shape index (κ3) is 5.06. The fourth-order valence-electron chi connectivity index (χ4n) is 1.25. The van der Waals surface area contributed by atoms with Crippen LogP contribution in [0.2, 0.25) is 0 Å². The summed E-state index contributed by atoms with van der Waals surface area (Å²) >= 11 is 10.7. The van der Waals surface area contributed by atoms with E-state index in [1.807, 2.05) is 31.2 Å². The summed E-state index contributed by atoms with van der Waals surface area (Å²) in [6.07, 6.45) is 0. The third-order valence-corrected chi connectivity index (χ3v) is 5.53. The van der Waals surface area contributed by atoms with Crippen molar-refractivity contribution < 1.29 is 9.26 Å². The summed E-state index contributed by atoms with van der Waals surface area (Å²) in [5.41, 5.74) is 0. The Morgan fingerprint density at radius 2 is 1.88 bits per heavy atom. The molecule has 0 aliphatic rings. The Bertz CT molecular complexity index is 333. The monoisotopic (exact) mass is 290 g/mol. The van der Waals surface area contributed by atoms with E-state index in [2.05, 4.69) is 5.32 Å². The summed E-state index contributed by atoms with van der Waals surface area (Å²) in [6.45, 7) is 4.31. The first-order chi connectivity index (χ1) is 8.10. The first-order valence-corrected chi connectivity index (χ1v) is 9.14. The van der Waals surface area contributed by atoms with Crippen LogP contribution in [-0.2, 0) is 29.0 Å². The Balaban J connectivity index is 2.55. The fraction of sp³-hybridized carbons (Fsp3) is 0.455. The number of hydrogen-bond acceptors (Lipinski definition) is 5. The summed E-state index contributed by atoms with van der Waals surface area (Å²) in [4.78, 5) is 0. The van der Waals surface area contributed by atoms with Crippen LogP contribution in [0.5, 0.6) is 5.75 Å². The molecule has 0 atom stereocenters. The Morgan fingerprint density at radius 3 is 2.41 bits per heavy atom. The van der Waals surface area contributed by atoms with Crippen molar-refractivity contribution in [3.8, 4) is 5.75 Å². The molecule has 0 aliphatic heterocycles. The lowest BCUT2D eigenvalue weighted by Crippen LogP contribution is -2.20. The normalized spacial score (nSPS) is 11.5. The molecule has 0 amide bonds. The van der Waals surface area contributed by atoms with Gasteiger partial charge in [-0.3, -0.25) is 4.52 Å². The van der Waals surface area contributed by atoms with Gasteiger partial charge in [0.15, 0.2) is 0 Å². The Hall–Kier alpha value is 0.0700. The number of methoxy groups -OCH3 is 1. The molecule has 3 nitrogen and oxygen atoms in total. The molecular weight excluding hydrogens is 273 g/mol. The molecule has 0 saturated heterocycles. The first-order valence-electron chi connectivity index (χ1n) is 5.41. The Morgan fingerprint density at radius 1 is 1.24 bits per heavy atom. The third-order valence-electron chi connectivity index (χ3n) is 2.18. The van der Waals surface area contributed by atoms with E-state index in [-0.39, 0.29) is 0 Å². The molecule has 1 aromatic carbocycles. The lowest BCUT2D eigenvalue weighted by Gasteiger charge is -2.37. The molecule has 96 valence electrons. The van der Waals surface area contributed by atoms with E-state index in [1.165, 1.54) is 0 Å². The van der Waals surface area contributed by atoms with Crippen LogP contribution in [0.25, 0.3) is 0 Å². The van der Waals surface area contributed by atoms with E-state index in [9.17, 15) is 0 Å². The van der Waals surface area contributed by atoms with Crippen molar-refractivity contribution in [1.29, 1.82) is 0 Å². The molecule has 0 saturated carbocycles. The van der Waals surface area contributed by atoms with Crippen molar-refractivity contribution in [2.45, 2.75) is 6.92 Å². The van der Waals surface area contributed by atoms with Gasteiger partial charge in [0, 0.05) is 6.54 Å². The quantitative estimate of drug-likeness (QED) is 0.470. The zero-order chi connectivity index (χ0) is 12.7. The van der Waals surface area contributed by atoms with Crippen LogP contribution in [0, 0.1) is 0 Å². The summed E-state index contributed by atoms with van der Waals surface area (Å²) in [5.74, 6) is -1.50. The molecule has 1 rings (SSSR count). The Kier molecular flexibility index (Phi) is 6.67. The molecule has 17 heavy (non-hydrogen) atoms. The molecule has 6 heteroatoms. The lowest BCUT2D eigenvalue weighted by atomic mass is 10.3. The minimum absolute atomic E-state index is 0.556. The minimum atomic E-state index is -2.29. The van der Waals surface area contributed by atoms with Gasteiger partial charge in [-0.2, -0.15) is 0 Å². The van der Waals surface area contributed by atoms with Crippen LogP contribution in [0.4, 0.5) is 0 Å². The van der Waals surface area contributed by atoms with E-state index in [4.69, 9.17) is 33.8 Å². The van der Waals surface area contributed by atoms with E-state index in [1.54, 1.807) is 7.11 Å². The van der Waals surface area contributed by atoms with Crippen LogP contribution in [-0.4, -0.2) is 26.8 Å². The van der Waals surface area contributed by atoms with Crippen molar-refractivity contribution in [3.05, 3.63) is 24.3 Å². The predicted molar refractivity (Wildman–Crippen MR) is 78.8 cm³/mol. The van der Waals surface area contributed by atoms with Crippen molar-refractivity contribution >= 4 is 35.7 Å². The number of likely N-dealkylation sites (N-methyl/N-ethyl adjacent to an activating group) is 1. The zero-order valence-corrected chi connectivity index (χ0v) is 12.5. The first kappa shape index (κ1) is 15.1. The number of rotatable bonds is 7. The van der Waals surface area contributed by atoms with Crippen LogP contribution in [0.3, 0.4) is 0 Å². The fourth-order valence-corrected chi connectivity index (χ4v) is 3.43. The van der Waals surface area contributed by atoms with Crippen molar-refractivity contribution in [1.82, 2.24) is 5.32 Å². The van der Waals surface area contributed by atoms with E-state index < -0.39 is 5.89 Å². The van der Waals surface area contributed by atoms with Gasteiger partial charge in [0.05, 0.1) is 19.0 Å². The summed E-state index contributed by atoms with van der Waals surface area (Å²) in [7, 11) is 1.63. The molecule has 0 bridgehead atoms. The maximum atomic E-state index is 5.63. The summed E-state index contributed by atoms with van der Waals surface area (Å²) in [6, 6.07) is 7.49. The van der Waals surface area contributed by atoms with Gasteiger partial charge < -0.3 is 34.6 Å². The number of ether oxygens (including phenoxy) is 1. The molecule has 0 aliphatic carbocycles. The van der Waals surface area contributed by atoms with E-state index in [0.717, 1.165) is 24.1 Å². The molecule has 0 unspecified atom stereocenters. The molecule has 1 N–H and O–H groups in total. The molecule has 0 spiro atoms. The highest BCUT2D eigenvalue weighted by Crippen LogP contribution is 2.54. The highest BCUT2D eigenvalue weighted by atomic mass is 33.1. The van der Waals surface area contributed by atoms with Gasteiger partial charge in [0.25, 0.3) is 0 Å². The topological polar surface area (TPSA) is 30.5 Å². The smallest absolute Gasteiger partial charge is 0.119 e. The van der Waals surface area contributed by atoms with Gasteiger partial charge in [-0.25, -0.2) is 0 Å². The van der Waals surface area contributed by atoms with Crippen LogP contribution in [0.15, 0.2) is 24.3 Å². The highest BCUT2D eigenvalue weighted by molar-refractivity contribution is 8.74. The van der Waals surface area contributed by atoms with Crippen LogP contribution < -0.4 is 15.4 Å². The highest BCUT2D eigenvalue weighted by Gasteiger charge is 2.13. The second kappa shape index (κ2) is 7.49. The van der Waals surface area contributed by atoms with E-state index in [0.29, 0.717) is 6.61 Å². The van der Waals surface area contributed by atoms with E-state index >= 15 is 0 Å². The van der Waals surface area contributed by atoms with Gasteiger partial charge in [0.2, 0.25) is 0 Å². The van der Waals surface area contributed by atoms with Crippen molar-refractivity contribution in [2.24, 2.45) is 0 Å². The number of hydrogen-bond donors (Lipinski definition) is 1.